The first kappa shape index (κ1) is 19.7. The maximum absolute atomic E-state index is 14.2. The standard InChI is InChI=1S/C21H16FN5O2/c1-3-13-7-8-15(17(22)9-13)12(2)24-20(28)11-14-10-16-18(25-21(14)29)5-4-6-19(16)26-27-23/h1,4-10,12,23H,11H2,2H3,(H-,24,25,28,29)/p+1. The lowest BCUT2D eigenvalue weighted by atomic mass is 10.0. The fraction of sp³-hybridized carbons (Fsp3) is 0.143. The number of terminal acetylenes is 1. The highest BCUT2D eigenvalue weighted by Gasteiger charge is 2.16. The molecule has 0 spiro atoms. The monoisotopic (exact) mass is 390 g/mol. The fourth-order valence-electron chi connectivity index (χ4n) is 3.04. The molecule has 7 nitrogen and oxygen atoms in total. The quantitative estimate of drug-likeness (QED) is 0.353. The summed E-state index contributed by atoms with van der Waals surface area (Å²) in [5, 5.41) is 6.96. The van der Waals surface area contributed by atoms with Crippen LogP contribution in [0.4, 0.5) is 10.1 Å². The van der Waals surface area contributed by atoms with Gasteiger partial charge >= 0.3 is 0 Å². The van der Waals surface area contributed by atoms with Crippen LogP contribution in [0.15, 0.2) is 52.4 Å². The highest BCUT2D eigenvalue weighted by atomic mass is 19.1. The smallest absolute Gasteiger partial charge is 0.252 e. The van der Waals surface area contributed by atoms with Gasteiger partial charge in [-0.15, -0.1) is 6.42 Å². The number of nitrogens with zero attached hydrogens (tertiary/aromatic N) is 2. The summed E-state index contributed by atoms with van der Waals surface area (Å²) in [4.78, 5) is 30.5. The molecule has 0 saturated carbocycles. The number of pyridine rings is 1. The molecule has 2 aromatic carbocycles. The third kappa shape index (κ3) is 4.26. The van der Waals surface area contributed by atoms with Crippen LogP contribution in [0.5, 0.6) is 0 Å². The Bertz CT molecular complexity index is 1250. The van der Waals surface area contributed by atoms with Gasteiger partial charge in [-0.1, -0.05) is 18.1 Å². The Balaban J connectivity index is 1.83. The molecule has 0 aliphatic rings. The number of aromatic amines is 1. The van der Waals surface area contributed by atoms with Crippen LogP contribution in [-0.4, -0.2) is 10.9 Å². The zero-order valence-corrected chi connectivity index (χ0v) is 15.5. The molecule has 0 aliphatic carbocycles. The molecule has 0 bridgehead atoms. The van der Waals surface area contributed by atoms with E-state index >= 15 is 0 Å². The number of fused-ring (bicyclic) bond motifs is 1. The lowest BCUT2D eigenvalue weighted by molar-refractivity contribution is -0.121. The molecule has 1 aromatic heterocycles. The van der Waals surface area contributed by atoms with Crippen molar-refractivity contribution in [3.63, 3.8) is 0 Å². The van der Waals surface area contributed by atoms with Crippen molar-refractivity contribution in [3.05, 3.63) is 75.3 Å². The predicted octanol–water partition coefficient (Wildman–Crippen LogP) is 3.25. The van der Waals surface area contributed by atoms with Crippen LogP contribution >= 0.6 is 0 Å². The van der Waals surface area contributed by atoms with Gasteiger partial charge in [0.05, 0.1) is 18.0 Å². The zero-order chi connectivity index (χ0) is 21.0. The van der Waals surface area contributed by atoms with Crippen molar-refractivity contribution in [3.8, 4) is 12.3 Å². The van der Waals surface area contributed by atoms with Gasteiger partial charge in [-0.2, -0.15) is 0 Å². The Morgan fingerprint density at radius 3 is 2.86 bits per heavy atom. The van der Waals surface area contributed by atoms with Gasteiger partial charge in [-0.05, 0) is 37.3 Å². The highest BCUT2D eigenvalue weighted by Crippen LogP contribution is 2.24. The summed E-state index contributed by atoms with van der Waals surface area (Å²) >= 11 is 0. The number of amides is 1. The molecule has 0 aliphatic heterocycles. The summed E-state index contributed by atoms with van der Waals surface area (Å²) in [5.74, 6) is 1.40. The largest absolute Gasteiger partial charge is 0.349 e. The van der Waals surface area contributed by atoms with Gasteiger partial charge in [0.25, 0.3) is 5.56 Å². The summed E-state index contributed by atoms with van der Waals surface area (Å²) in [6, 6.07) is 10.3. The molecule has 3 N–H and O–H groups in total. The van der Waals surface area contributed by atoms with Gasteiger partial charge in [-0.25, -0.2) is 4.39 Å². The number of hydrogen-bond donors (Lipinski definition) is 3. The van der Waals surface area contributed by atoms with Gasteiger partial charge in [-0.3, -0.25) is 9.59 Å². The number of nitrogens with one attached hydrogen (secondary N) is 3. The van der Waals surface area contributed by atoms with Crippen molar-refractivity contribution < 1.29 is 9.18 Å². The number of aromatic nitrogens is 1. The molecule has 0 saturated heterocycles. The number of carbonyl (C=O) groups is 1. The van der Waals surface area contributed by atoms with E-state index in [1.807, 2.05) is 0 Å². The molecule has 0 fully saturated rings. The molecule has 1 heterocycles. The first-order chi connectivity index (χ1) is 13.9. The topological polar surface area (TPSA) is 112 Å². The minimum atomic E-state index is -0.610. The van der Waals surface area contributed by atoms with E-state index < -0.39 is 23.3 Å². The minimum absolute atomic E-state index is 0.202. The van der Waals surface area contributed by atoms with E-state index in [2.05, 4.69) is 26.2 Å². The van der Waals surface area contributed by atoms with Crippen molar-refractivity contribution in [1.29, 1.82) is 5.53 Å². The van der Waals surface area contributed by atoms with Crippen LogP contribution in [0.2, 0.25) is 0 Å². The maximum Gasteiger partial charge on any atom is 0.252 e. The van der Waals surface area contributed by atoms with E-state index in [9.17, 15) is 14.0 Å². The van der Waals surface area contributed by atoms with Crippen molar-refractivity contribution in [2.24, 2.45) is 5.11 Å². The number of carbonyl (C=O) groups excluding carboxylic acids is 1. The second kappa shape index (κ2) is 8.30. The second-order valence-electron chi connectivity index (χ2n) is 6.41. The molecule has 3 rings (SSSR count). The average Bonchev–Trinajstić information content (AvgIpc) is 2.69. The summed E-state index contributed by atoms with van der Waals surface area (Å²) in [5.41, 5.74) is 8.34. The zero-order valence-electron chi connectivity index (χ0n) is 15.5. The van der Waals surface area contributed by atoms with Crippen LogP contribution in [-0.2, 0) is 11.2 Å². The van der Waals surface area contributed by atoms with Crippen LogP contribution in [0.1, 0.15) is 29.7 Å². The molecule has 0 radical (unpaired) electrons. The molecule has 3 aromatic rings. The Kier molecular flexibility index (Phi) is 5.63. The van der Waals surface area contributed by atoms with Crippen LogP contribution in [0.3, 0.4) is 0 Å². The van der Waals surface area contributed by atoms with Gasteiger partial charge in [0, 0.05) is 22.1 Å². The molecule has 1 unspecified atom stereocenters. The number of halogens is 1. The molecule has 144 valence electrons. The summed E-state index contributed by atoms with van der Waals surface area (Å²) in [7, 11) is 0. The molecule has 8 heteroatoms. The molecule has 29 heavy (non-hydrogen) atoms. The maximum atomic E-state index is 14.2. The SMILES string of the molecule is C#Cc1ccc(C(C)NC(=O)Cc2cc3c(N=[N+]=N)cccc3[nH]c2=O)c(F)c1. The van der Waals surface area contributed by atoms with E-state index in [1.165, 1.54) is 12.1 Å². The van der Waals surface area contributed by atoms with Crippen molar-refractivity contribution in [1.82, 2.24) is 15.2 Å². The van der Waals surface area contributed by atoms with E-state index in [0.717, 1.165) is 0 Å². The fourth-order valence-corrected chi connectivity index (χ4v) is 3.04. The van der Waals surface area contributed by atoms with Crippen LogP contribution in [0.25, 0.3) is 10.9 Å². The van der Waals surface area contributed by atoms with Gasteiger partial charge in [0.2, 0.25) is 10.8 Å². The summed E-state index contributed by atoms with van der Waals surface area (Å²) in [6.45, 7) is 1.64. The van der Waals surface area contributed by atoms with E-state index in [4.69, 9.17) is 12.0 Å². The van der Waals surface area contributed by atoms with Crippen molar-refractivity contribution in [2.75, 3.05) is 0 Å². The first-order valence-corrected chi connectivity index (χ1v) is 8.70. The van der Waals surface area contributed by atoms with E-state index in [-0.39, 0.29) is 12.0 Å². The van der Waals surface area contributed by atoms with E-state index in [0.29, 0.717) is 27.7 Å². The van der Waals surface area contributed by atoms with Gasteiger partial charge in [0.15, 0.2) is 10.8 Å². The Morgan fingerprint density at radius 1 is 1.38 bits per heavy atom. The summed E-state index contributed by atoms with van der Waals surface area (Å²) < 4.78 is 14.2. The number of H-pyrrole nitrogens is 1. The van der Waals surface area contributed by atoms with Crippen molar-refractivity contribution >= 4 is 22.5 Å². The van der Waals surface area contributed by atoms with Crippen LogP contribution in [0, 0.1) is 23.7 Å². The minimum Gasteiger partial charge on any atom is -0.349 e. The number of benzene rings is 2. The average molecular weight is 390 g/mol. The van der Waals surface area contributed by atoms with E-state index in [1.54, 1.807) is 37.3 Å². The molecular formula is C21H17FN5O2+. The third-order valence-corrected chi connectivity index (χ3v) is 4.46. The predicted molar refractivity (Wildman–Crippen MR) is 106 cm³/mol. The number of rotatable bonds is 5. The van der Waals surface area contributed by atoms with Crippen LogP contribution < -0.4 is 15.8 Å². The molecule has 1 atom stereocenters. The normalized spacial score (nSPS) is 11.3. The molecular weight excluding hydrogens is 373 g/mol. The molecule has 1 amide bonds. The highest BCUT2D eigenvalue weighted by molar-refractivity contribution is 5.90. The number of hydrogen-bond acceptors (Lipinski definition) is 4. The first-order valence-electron chi connectivity index (χ1n) is 8.70. The Morgan fingerprint density at radius 2 is 2.17 bits per heavy atom. The second-order valence-corrected chi connectivity index (χ2v) is 6.41. The van der Waals surface area contributed by atoms with Gasteiger partial charge < -0.3 is 10.3 Å². The van der Waals surface area contributed by atoms with Crippen molar-refractivity contribution in [2.45, 2.75) is 19.4 Å². The lowest BCUT2D eigenvalue weighted by Crippen LogP contribution is -2.30. The lowest BCUT2D eigenvalue weighted by Gasteiger charge is -2.15. The van der Waals surface area contributed by atoms with Gasteiger partial charge in [0.1, 0.15) is 11.3 Å². The third-order valence-electron chi connectivity index (χ3n) is 4.46. The summed E-state index contributed by atoms with van der Waals surface area (Å²) in [6.07, 6.45) is 5.05. The Hall–Kier alpha value is -4.08. The Labute approximate surface area is 165 Å².